The number of hydrogen-bond donors (Lipinski definition) is 2. The van der Waals surface area contributed by atoms with Crippen LogP contribution in [0.2, 0.25) is 0 Å². The molecule has 37 heavy (non-hydrogen) atoms. The number of nitrogens with one attached hydrogen (secondary N) is 2. The number of nitrogens with zero attached hydrogens (tertiary/aromatic N) is 3. The van der Waals surface area contributed by atoms with Crippen molar-refractivity contribution < 1.29 is 9.59 Å². The lowest BCUT2D eigenvalue weighted by atomic mass is 9.99. The maximum atomic E-state index is 13.3. The molecule has 2 N–H and O–H groups in total. The van der Waals surface area contributed by atoms with Crippen molar-refractivity contribution in [2.45, 2.75) is 32.6 Å². The lowest BCUT2D eigenvalue weighted by Gasteiger charge is -2.14. The van der Waals surface area contributed by atoms with Crippen LogP contribution in [0.25, 0.3) is 0 Å². The van der Waals surface area contributed by atoms with Crippen LogP contribution in [0.1, 0.15) is 31.4 Å². The van der Waals surface area contributed by atoms with Gasteiger partial charge in [-0.1, -0.05) is 50.1 Å². The Hall–Kier alpha value is -4.26. The van der Waals surface area contributed by atoms with Crippen LogP contribution in [0.3, 0.4) is 0 Å². The molecule has 2 amide bonds. The number of carbonyl (C=O) groups is 2. The molecule has 0 spiro atoms. The first-order valence-corrected chi connectivity index (χ1v) is 12.2. The average molecular weight is 498 g/mol. The van der Waals surface area contributed by atoms with Crippen molar-refractivity contribution in [1.29, 1.82) is 0 Å². The second-order valence-electron chi connectivity index (χ2n) is 9.43. The largest absolute Gasteiger partial charge is 0.383 e. The van der Waals surface area contributed by atoms with Gasteiger partial charge in [-0.3, -0.25) is 19.6 Å². The third kappa shape index (κ3) is 6.91. The molecule has 1 unspecified atom stereocenters. The van der Waals surface area contributed by atoms with Crippen LogP contribution < -0.4 is 10.6 Å². The summed E-state index contributed by atoms with van der Waals surface area (Å²) in [4.78, 5) is 36.8. The van der Waals surface area contributed by atoms with E-state index in [4.69, 9.17) is 0 Å². The zero-order valence-electron chi connectivity index (χ0n) is 21.9. The van der Waals surface area contributed by atoms with Gasteiger partial charge in [0.15, 0.2) is 0 Å². The van der Waals surface area contributed by atoms with Gasteiger partial charge >= 0.3 is 0 Å². The first-order chi connectivity index (χ1) is 17.6. The van der Waals surface area contributed by atoms with Gasteiger partial charge < -0.3 is 15.5 Å². The highest BCUT2D eigenvalue weighted by Crippen LogP contribution is 2.30. The summed E-state index contributed by atoms with van der Waals surface area (Å²) in [5.74, 6) is -0.515. The summed E-state index contributed by atoms with van der Waals surface area (Å²) in [7, 11) is 3.86. The molecular formula is C30H35N5O2. The van der Waals surface area contributed by atoms with E-state index in [-0.39, 0.29) is 17.7 Å². The smallest absolute Gasteiger partial charge is 0.256 e. The van der Waals surface area contributed by atoms with Crippen molar-refractivity contribution in [1.82, 2.24) is 9.88 Å². The molecule has 1 fully saturated rings. The van der Waals surface area contributed by atoms with Gasteiger partial charge in [-0.25, -0.2) is 0 Å². The molecule has 0 bridgehead atoms. The maximum Gasteiger partial charge on any atom is 0.256 e. The zero-order valence-corrected chi connectivity index (χ0v) is 21.9. The van der Waals surface area contributed by atoms with E-state index in [1.165, 1.54) is 6.08 Å². The van der Waals surface area contributed by atoms with Gasteiger partial charge in [0.1, 0.15) is 0 Å². The Morgan fingerprint density at radius 1 is 1.16 bits per heavy atom. The van der Waals surface area contributed by atoms with E-state index in [0.29, 0.717) is 41.1 Å². The fraction of sp³-hybridized carbons (Fsp3) is 0.267. The van der Waals surface area contributed by atoms with E-state index in [1.807, 2.05) is 31.3 Å². The van der Waals surface area contributed by atoms with Gasteiger partial charge in [0.05, 0.1) is 29.0 Å². The lowest BCUT2D eigenvalue weighted by Crippen LogP contribution is -2.21. The Balaban J connectivity index is 1.83. The number of aliphatic imine (C=N–C) groups is 1. The van der Waals surface area contributed by atoms with Crippen molar-refractivity contribution in [3.63, 3.8) is 0 Å². The summed E-state index contributed by atoms with van der Waals surface area (Å²) in [5, 5.41) is 5.83. The van der Waals surface area contributed by atoms with E-state index < -0.39 is 0 Å². The Kier molecular flexibility index (Phi) is 8.95. The van der Waals surface area contributed by atoms with E-state index in [2.05, 4.69) is 46.9 Å². The maximum absolute atomic E-state index is 13.3. The molecular weight excluding hydrogens is 462 g/mol. The summed E-state index contributed by atoms with van der Waals surface area (Å²) in [6.45, 7) is 17.7. The number of anilines is 2. The SMILES string of the molecule is C=C/C(C(=O)Nc1cc(NC(=O)C2CCC(=C)C2)cnc1C)=C1/C=NC(/C(C=C)=C/N(C)C)=CCC1=C. The van der Waals surface area contributed by atoms with Crippen LogP contribution in [-0.2, 0) is 9.59 Å². The van der Waals surface area contributed by atoms with Crippen LogP contribution in [-0.4, -0.2) is 42.0 Å². The van der Waals surface area contributed by atoms with Gasteiger partial charge in [-0.15, -0.1) is 0 Å². The molecule has 0 radical (unpaired) electrons. The van der Waals surface area contributed by atoms with Crippen molar-refractivity contribution in [3.8, 4) is 0 Å². The minimum Gasteiger partial charge on any atom is -0.383 e. The number of aromatic nitrogens is 1. The molecule has 2 heterocycles. The number of pyridine rings is 1. The number of aryl methyl sites for hydroxylation is 1. The highest BCUT2D eigenvalue weighted by Gasteiger charge is 2.25. The molecule has 2 aliphatic rings. The molecule has 1 aromatic heterocycles. The lowest BCUT2D eigenvalue weighted by molar-refractivity contribution is -0.119. The summed E-state index contributed by atoms with van der Waals surface area (Å²) in [5.41, 5.74) is 6.04. The van der Waals surface area contributed by atoms with Crippen LogP contribution in [0, 0.1) is 12.8 Å². The monoisotopic (exact) mass is 497 g/mol. The highest BCUT2D eigenvalue weighted by molar-refractivity contribution is 6.11. The predicted molar refractivity (Wildman–Crippen MR) is 152 cm³/mol. The molecule has 0 aromatic carbocycles. The summed E-state index contributed by atoms with van der Waals surface area (Å²) < 4.78 is 0. The first-order valence-electron chi connectivity index (χ1n) is 12.2. The third-order valence-electron chi connectivity index (χ3n) is 6.26. The van der Waals surface area contributed by atoms with E-state index >= 15 is 0 Å². The number of hydrogen-bond acceptors (Lipinski definition) is 5. The first kappa shape index (κ1) is 27.3. The van der Waals surface area contributed by atoms with E-state index in [0.717, 1.165) is 35.3 Å². The molecule has 7 nitrogen and oxygen atoms in total. The molecule has 1 aromatic rings. The Labute approximate surface area is 219 Å². The second-order valence-corrected chi connectivity index (χ2v) is 9.43. The number of rotatable bonds is 8. The second kappa shape index (κ2) is 12.1. The minimum absolute atomic E-state index is 0.0630. The van der Waals surface area contributed by atoms with Crippen LogP contribution in [0.5, 0.6) is 0 Å². The summed E-state index contributed by atoms with van der Waals surface area (Å²) in [6.07, 6.45) is 13.2. The summed E-state index contributed by atoms with van der Waals surface area (Å²) >= 11 is 0. The Morgan fingerprint density at radius 2 is 1.92 bits per heavy atom. The fourth-order valence-electron chi connectivity index (χ4n) is 4.20. The number of allylic oxidation sites excluding steroid dienone is 5. The number of carbonyl (C=O) groups excluding carboxylic acids is 2. The Bertz CT molecular complexity index is 1280. The zero-order chi connectivity index (χ0) is 27.1. The molecule has 0 saturated heterocycles. The van der Waals surface area contributed by atoms with Crippen LogP contribution in [0.15, 0.2) is 102 Å². The van der Waals surface area contributed by atoms with Crippen LogP contribution in [0.4, 0.5) is 11.4 Å². The number of amides is 2. The highest BCUT2D eigenvalue weighted by atomic mass is 16.2. The van der Waals surface area contributed by atoms with Gasteiger partial charge in [0.25, 0.3) is 5.91 Å². The summed E-state index contributed by atoms with van der Waals surface area (Å²) in [6, 6.07) is 1.71. The fourth-order valence-corrected chi connectivity index (χ4v) is 4.20. The van der Waals surface area contributed by atoms with E-state index in [1.54, 1.807) is 31.5 Å². The minimum atomic E-state index is -0.366. The molecule has 3 rings (SSSR count). The van der Waals surface area contributed by atoms with Gasteiger partial charge in [0, 0.05) is 49.1 Å². The van der Waals surface area contributed by atoms with Gasteiger partial charge in [0.2, 0.25) is 5.91 Å². The van der Waals surface area contributed by atoms with Crippen molar-refractivity contribution in [2.75, 3.05) is 24.7 Å². The molecule has 1 aliphatic carbocycles. The van der Waals surface area contributed by atoms with E-state index in [9.17, 15) is 9.59 Å². The van der Waals surface area contributed by atoms with Crippen molar-refractivity contribution in [3.05, 3.63) is 102 Å². The topological polar surface area (TPSA) is 86.7 Å². The molecule has 1 saturated carbocycles. The Morgan fingerprint density at radius 3 is 2.54 bits per heavy atom. The van der Waals surface area contributed by atoms with Gasteiger partial charge in [-0.2, -0.15) is 0 Å². The quantitative estimate of drug-likeness (QED) is 0.276. The van der Waals surface area contributed by atoms with Crippen molar-refractivity contribution >= 4 is 29.4 Å². The van der Waals surface area contributed by atoms with Gasteiger partial charge in [-0.05, 0) is 44.2 Å². The third-order valence-corrected chi connectivity index (χ3v) is 6.26. The molecule has 7 heteroatoms. The van der Waals surface area contributed by atoms with Crippen LogP contribution >= 0.6 is 0 Å². The normalized spacial score (nSPS) is 19.1. The predicted octanol–water partition coefficient (Wildman–Crippen LogP) is 5.65. The van der Waals surface area contributed by atoms with Crippen molar-refractivity contribution in [2.24, 2.45) is 10.9 Å². The molecule has 1 aliphatic heterocycles. The molecule has 1 atom stereocenters. The standard InChI is InChI=1S/C30H35N5O2/c1-8-22(18-35(6)7)27-13-11-20(4)26(17-32-27)25(9-2)30(37)34-28-15-24(16-31-21(28)5)33-29(36)23-12-10-19(3)14-23/h8-9,13,15-18,23H,1-4,10-12,14H2,5-7H3,(H,33,36)(H,34,37)/b22-18+,26-25+. The average Bonchev–Trinajstić information content (AvgIpc) is 3.21. The molecule has 192 valence electrons.